The number of urea groups is 1. The Bertz CT molecular complexity index is 839. The minimum absolute atomic E-state index is 0.322. The molecule has 0 spiro atoms. The van der Waals surface area contributed by atoms with Crippen molar-refractivity contribution in [2.24, 2.45) is 0 Å². The highest BCUT2D eigenvalue weighted by Crippen LogP contribution is 2.25. The number of hydrogen-bond acceptors (Lipinski definition) is 3. The van der Waals surface area contributed by atoms with Crippen LogP contribution in [0.4, 0.5) is 13.6 Å². The third-order valence-electron chi connectivity index (χ3n) is 4.93. The number of alkyl halides is 2. The molecule has 29 heavy (non-hydrogen) atoms. The van der Waals surface area contributed by atoms with Crippen LogP contribution in [-0.2, 0) is 9.59 Å². The van der Waals surface area contributed by atoms with Gasteiger partial charge in [-0.1, -0.05) is 59.7 Å². The molecule has 7 heteroatoms. The van der Waals surface area contributed by atoms with Crippen LogP contribution in [0.3, 0.4) is 0 Å². The van der Waals surface area contributed by atoms with Crippen LogP contribution in [0.5, 0.6) is 0 Å². The van der Waals surface area contributed by atoms with Gasteiger partial charge in [-0.3, -0.25) is 19.4 Å². The van der Waals surface area contributed by atoms with Crippen LogP contribution >= 0.6 is 0 Å². The molecule has 0 bridgehead atoms. The molecule has 152 valence electrons. The number of nitrogens with zero attached hydrogens (tertiary/aromatic N) is 2. The highest BCUT2D eigenvalue weighted by atomic mass is 19.1. The number of halogens is 2. The zero-order valence-corrected chi connectivity index (χ0v) is 16.3. The first-order chi connectivity index (χ1) is 13.8. The second-order valence-corrected chi connectivity index (χ2v) is 7.22. The van der Waals surface area contributed by atoms with E-state index in [9.17, 15) is 23.2 Å². The van der Waals surface area contributed by atoms with Crippen molar-refractivity contribution in [2.75, 3.05) is 13.1 Å². The van der Waals surface area contributed by atoms with Crippen molar-refractivity contribution in [3.8, 4) is 0 Å². The fourth-order valence-corrected chi connectivity index (χ4v) is 3.12. The lowest BCUT2D eigenvalue weighted by Crippen LogP contribution is -2.56. The van der Waals surface area contributed by atoms with Crippen molar-refractivity contribution in [3.63, 3.8) is 0 Å². The maximum Gasteiger partial charge on any atom is 0.333 e. The smallest absolute Gasteiger partial charge is 0.274 e. The number of aryl methyl sites for hydroxylation is 2. The first kappa shape index (κ1) is 20.6. The van der Waals surface area contributed by atoms with Gasteiger partial charge in [0.2, 0.25) is 11.8 Å². The van der Waals surface area contributed by atoms with Crippen LogP contribution in [0.1, 0.15) is 41.0 Å². The van der Waals surface area contributed by atoms with Crippen molar-refractivity contribution in [3.05, 3.63) is 70.8 Å². The van der Waals surface area contributed by atoms with Gasteiger partial charge < -0.3 is 0 Å². The normalized spacial score (nSPS) is 16.9. The molecule has 2 atom stereocenters. The topological polar surface area (TPSA) is 57.7 Å². The summed E-state index contributed by atoms with van der Waals surface area (Å²) in [6.45, 7) is 2.68. The predicted molar refractivity (Wildman–Crippen MR) is 103 cm³/mol. The molecule has 1 saturated heterocycles. The quantitative estimate of drug-likeness (QED) is 0.683. The Labute approximate surface area is 167 Å². The monoisotopic (exact) mass is 400 g/mol. The maximum absolute atomic E-state index is 14.7. The van der Waals surface area contributed by atoms with Crippen LogP contribution in [0.2, 0.25) is 0 Å². The Morgan fingerprint density at radius 3 is 1.41 bits per heavy atom. The number of imide groups is 2. The summed E-state index contributed by atoms with van der Waals surface area (Å²) in [6.07, 6.45) is -3.79. The molecule has 0 N–H and O–H groups in total. The number of hydrogen-bond donors (Lipinski definition) is 0. The third-order valence-corrected chi connectivity index (χ3v) is 4.93. The van der Waals surface area contributed by atoms with Crippen molar-refractivity contribution >= 4 is 17.8 Å². The predicted octanol–water partition coefficient (Wildman–Crippen LogP) is 4.21. The summed E-state index contributed by atoms with van der Waals surface area (Å²) in [5.41, 5.74) is 2.55. The molecule has 1 heterocycles. The molecule has 4 amide bonds. The van der Waals surface area contributed by atoms with E-state index in [0.717, 1.165) is 11.1 Å². The lowest BCUT2D eigenvalue weighted by molar-refractivity contribution is -0.143. The standard InChI is InChI=1S/C22H22F2N2O3/c1-14-3-7-16(8-4-14)18(23)12-25-20(27)11-21(28)26(22(25)29)13-19(24)17-9-5-15(2)6-10-17/h3-10,18-19H,11-13H2,1-2H3/t18-,19+. The largest absolute Gasteiger partial charge is 0.333 e. The van der Waals surface area contributed by atoms with Crippen LogP contribution in [-0.4, -0.2) is 40.7 Å². The van der Waals surface area contributed by atoms with Crippen LogP contribution in [0.15, 0.2) is 48.5 Å². The minimum Gasteiger partial charge on any atom is -0.274 e. The van der Waals surface area contributed by atoms with E-state index in [1.54, 1.807) is 48.5 Å². The van der Waals surface area contributed by atoms with Crippen LogP contribution < -0.4 is 0 Å². The molecular formula is C22H22F2N2O3. The average Bonchev–Trinajstić information content (AvgIpc) is 2.69. The van der Waals surface area contributed by atoms with Gasteiger partial charge in [0.1, 0.15) is 18.8 Å². The summed E-state index contributed by atoms with van der Waals surface area (Å²) in [5, 5.41) is 0. The molecule has 0 unspecified atom stereocenters. The van der Waals surface area contributed by atoms with Crippen molar-refractivity contribution in [1.29, 1.82) is 0 Å². The zero-order valence-electron chi connectivity index (χ0n) is 16.3. The number of carbonyl (C=O) groups is 3. The van der Waals surface area contributed by atoms with E-state index in [0.29, 0.717) is 20.9 Å². The van der Waals surface area contributed by atoms with Gasteiger partial charge in [0.05, 0.1) is 13.1 Å². The van der Waals surface area contributed by atoms with Gasteiger partial charge >= 0.3 is 6.03 Å². The first-order valence-electron chi connectivity index (χ1n) is 9.32. The molecule has 1 fully saturated rings. The van der Waals surface area contributed by atoms with Gasteiger partial charge in [0.15, 0.2) is 0 Å². The van der Waals surface area contributed by atoms with Crippen LogP contribution in [0.25, 0.3) is 0 Å². The Hall–Kier alpha value is -3.09. The SMILES string of the molecule is Cc1ccc([C@H](F)CN2C(=O)CC(=O)N(C[C@H](F)c3ccc(C)cc3)C2=O)cc1. The summed E-state index contributed by atoms with van der Waals surface area (Å²) < 4.78 is 29.3. The van der Waals surface area contributed by atoms with Gasteiger partial charge in [-0.15, -0.1) is 0 Å². The molecule has 2 aromatic carbocycles. The van der Waals surface area contributed by atoms with E-state index < -0.39 is 49.7 Å². The number of barbiturate groups is 1. The second kappa shape index (κ2) is 8.51. The van der Waals surface area contributed by atoms with E-state index in [4.69, 9.17) is 0 Å². The molecule has 3 rings (SSSR count). The number of benzene rings is 2. The Balaban J connectivity index is 1.73. The third kappa shape index (κ3) is 4.67. The average molecular weight is 400 g/mol. The maximum atomic E-state index is 14.7. The van der Waals surface area contributed by atoms with Gasteiger partial charge in [-0.05, 0) is 25.0 Å². The summed E-state index contributed by atoms with van der Waals surface area (Å²) in [4.78, 5) is 38.4. The number of rotatable bonds is 6. The van der Waals surface area contributed by atoms with E-state index in [-0.39, 0.29) is 0 Å². The Morgan fingerprint density at radius 2 is 1.07 bits per heavy atom. The molecule has 0 saturated carbocycles. The minimum atomic E-state index is -1.60. The van der Waals surface area contributed by atoms with Gasteiger partial charge in [-0.25, -0.2) is 13.6 Å². The molecule has 0 aromatic heterocycles. The molecular weight excluding hydrogens is 378 g/mol. The Morgan fingerprint density at radius 1 is 0.724 bits per heavy atom. The molecule has 5 nitrogen and oxygen atoms in total. The van der Waals surface area contributed by atoms with Crippen molar-refractivity contribution in [1.82, 2.24) is 9.80 Å². The van der Waals surface area contributed by atoms with Crippen molar-refractivity contribution in [2.45, 2.75) is 32.6 Å². The lowest BCUT2D eigenvalue weighted by atomic mass is 10.1. The van der Waals surface area contributed by atoms with Crippen LogP contribution in [0, 0.1) is 13.8 Å². The second-order valence-electron chi connectivity index (χ2n) is 7.22. The number of carbonyl (C=O) groups excluding carboxylic acids is 3. The fraction of sp³-hybridized carbons (Fsp3) is 0.318. The van der Waals surface area contributed by atoms with Gasteiger partial charge in [-0.2, -0.15) is 0 Å². The summed E-state index contributed by atoms with van der Waals surface area (Å²) in [7, 11) is 0. The van der Waals surface area contributed by atoms with Crippen molar-refractivity contribution < 1.29 is 23.2 Å². The number of amides is 4. The lowest BCUT2D eigenvalue weighted by Gasteiger charge is -2.34. The molecule has 1 aliphatic rings. The van der Waals surface area contributed by atoms with Gasteiger partial charge in [0, 0.05) is 0 Å². The highest BCUT2D eigenvalue weighted by Gasteiger charge is 2.40. The fourth-order valence-electron chi connectivity index (χ4n) is 3.12. The molecule has 1 aliphatic heterocycles. The van der Waals surface area contributed by atoms with E-state index in [1.807, 2.05) is 13.8 Å². The zero-order chi connectivity index (χ0) is 21.1. The van der Waals surface area contributed by atoms with Gasteiger partial charge in [0.25, 0.3) is 0 Å². The molecule has 0 aliphatic carbocycles. The van der Waals surface area contributed by atoms with E-state index >= 15 is 0 Å². The molecule has 0 radical (unpaired) electrons. The summed E-state index contributed by atoms with van der Waals surface area (Å²) in [6, 6.07) is 12.2. The van der Waals surface area contributed by atoms with E-state index in [2.05, 4.69) is 0 Å². The highest BCUT2D eigenvalue weighted by molar-refractivity contribution is 6.14. The van der Waals surface area contributed by atoms with E-state index in [1.165, 1.54) is 0 Å². The summed E-state index contributed by atoms with van der Waals surface area (Å²) >= 11 is 0. The molecule has 2 aromatic rings. The Kier molecular flexibility index (Phi) is 6.06. The first-order valence-corrected chi connectivity index (χ1v) is 9.32. The summed E-state index contributed by atoms with van der Waals surface area (Å²) in [5.74, 6) is -1.56.